The second-order valence-corrected chi connectivity index (χ2v) is 32.8. The van der Waals surface area contributed by atoms with Crippen molar-refractivity contribution >= 4 is 39.5 Å². The summed E-state index contributed by atoms with van der Waals surface area (Å²) in [7, 11) is -9.92. The molecule has 0 spiro atoms. The van der Waals surface area contributed by atoms with Crippen LogP contribution in [0, 0.1) is 23.7 Å². The number of hydrogen-bond donors (Lipinski definition) is 3. The number of phosphoric acid groups is 2. The van der Waals surface area contributed by atoms with Crippen LogP contribution in [-0.2, 0) is 65.4 Å². The van der Waals surface area contributed by atoms with E-state index in [-0.39, 0.29) is 25.7 Å². The summed E-state index contributed by atoms with van der Waals surface area (Å²) in [5.74, 6) is 0.993. The van der Waals surface area contributed by atoms with Gasteiger partial charge in [-0.05, 0) is 49.4 Å². The van der Waals surface area contributed by atoms with Gasteiger partial charge in [0.2, 0.25) is 0 Å². The minimum atomic E-state index is -4.96. The SMILES string of the molecule is CCC(C)CCCCCCCCCCCCCCCCCCCCC(=O)OC[C@H](COP(=O)(O)OCC(O)COP(=O)(O)OC[C@@H](COC(=O)CCCCCCCCCC(C)C)OC(=O)CCCCCCCCCCC(C)CC)OC(=O)CCCCCCCCCCCCCC(C)C. The van der Waals surface area contributed by atoms with E-state index >= 15 is 0 Å². The molecular formula is C79H154O17P2. The molecule has 0 rings (SSSR count). The molecule has 0 heterocycles. The molecule has 17 nitrogen and oxygen atoms in total. The zero-order valence-electron chi connectivity index (χ0n) is 64.4. The molecule has 0 radical (unpaired) electrons. The standard InChI is InChI=1S/C79H154O17P2/c1-9-71(7)57-49-41-33-25-21-17-15-13-11-12-14-16-18-22-26-35-43-51-59-76(81)89-65-74(95-78(83)61-53-45-36-27-23-19-20-24-31-39-47-55-69(3)4)67-93-97(85,86)91-63-73(80)64-92-98(87,88)94-68-75(66-90-77(82)60-52-44-38-30-32-40-48-56-70(5)6)96-79(84)62-54-46-37-29-28-34-42-50-58-72(8)10-2/h69-75,80H,9-68H2,1-8H3,(H,85,86)(H,87,88)/t71?,72?,73?,74-,75-/m1/s1. The van der Waals surface area contributed by atoms with Gasteiger partial charge in [0.15, 0.2) is 12.2 Å². The average Bonchev–Trinajstić information content (AvgIpc) is 0.995. The van der Waals surface area contributed by atoms with Gasteiger partial charge in [-0.1, -0.05) is 351 Å². The van der Waals surface area contributed by atoms with Crippen LogP contribution in [0.1, 0.15) is 402 Å². The Labute approximate surface area is 600 Å². The Balaban J connectivity index is 5.19. The van der Waals surface area contributed by atoms with E-state index in [0.29, 0.717) is 31.6 Å². The average molecular weight is 1440 g/mol. The number of ether oxygens (including phenoxy) is 4. The van der Waals surface area contributed by atoms with Crippen molar-refractivity contribution in [1.82, 2.24) is 0 Å². The maximum Gasteiger partial charge on any atom is 0.472 e. The van der Waals surface area contributed by atoms with Gasteiger partial charge in [0.05, 0.1) is 26.4 Å². The molecule has 582 valence electrons. The fourth-order valence-corrected chi connectivity index (χ4v) is 13.6. The number of phosphoric ester groups is 2. The van der Waals surface area contributed by atoms with Crippen LogP contribution >= 0.6 is 15.6 Å². The Bertz CT molecular complexity index is 1920. The largest absolute Gasteiger partial charge is 0.472 e. The van der Waals surface area contributed by atoms with E-state index in [2.05, 4.69) is 55.4 Å². The van der Waals surface area contributed by atoms with Crippen molar-refractivity contribution < 1.29 is 80.2 Å². The van der Waals surface area contributed by atoms with Crippen molar-refractivity contribution in [2.24, 2.45) is 23.7 Å². The Morgan fingerprint density at radius 3 is 0.724 bits per heavy atom. The van der Waals surface area contributed by atoms with Crippen LogP contribution in [0.4, 0.5) is 0 Å². The summed E-state index contributed by atoms with van der Waals surface area (Å²) in [5.41, 5.74) is 0. The van der Waals surface area contributed by atoms with Crippen LogP contribution in [0.2, 0.25) is 0 Å². The highest BCUT2D eigenvalue weighted by atomic mass is 31.2. The summed E-state index contributed by atoms with van der Waals surface area (Å²) in [6, 6.07) is 0. The summed E-state index contributed by atoms with van der Waals surface area (Å²) < 4.78 is 68.6. The number of rotatable bonds is 76. The van der Waals surface area contributed by atoms with E-state index in [4.69, 9.17) is 37.0 Å². The third kappa shape index (κ3) is 69.8. The van der Waals surface area contributed by atoms with Crippen molar-refractivity contribution in [3.8, 4) is 0 Å². The molecular weight excluding hydrogens is 1280 g/mol. The maximum absolute atomic E-state index is 13.1. The monoisotopic (exact) mass is 1440 g/mol. The van der Waals surface area contributed by atoms with Crippen molar-refractivity contribution in [3.05, 3.63) is 0 Å². The number of aliphatic hydroxyl groups excluding tert-OH is 1. The second kappa shape index (κ2) is 68.2. The van der Waals surface area contributed by atoms with Crippen LogP contribution in [0.5, 0.6) is 0 Å². The molecule has 0 aliphatic carbocycles. The van der Waals surface area contributed by atoms with Gasteiger partial charge in [-0.15, -0.1) is 0 Å². The molecule has 0 bridgehead atoms. The first-order chi connectivity index (χ1) is 47.2. The van der Waals surface area contributed by atoms with E-state index < -0.39 is 97.5 Å². The molecule has 0 aromatic rings. The lowest BCUT2D eigenvalue weighted by molar-refractivity contribution is -0.161. The Morgan fingerprint density at radius 2 is 0.490 bits per heavy atom. The minimum Gasteiger partial charge on any atom is -0.462 e. The fraction of sp³-hybridized carbons (Fsp3) is 0.949. The van der Waals surface area contributed by atoms with Gasteiger partial charge in [0.25, 0.3) is 0 Å². The summed E-state index contributed by atoms with van der Waals surface area (Å²) >= 11 is 0. The number of aliphatic hydroxyl groups is 1. The molecule has 0 aliphatic heterocycles. The fourth-order valence-electron chi connectivity index (χ4n) is 12.0. The Hall–Kier alpha value is -1.94. The Morgan fingerprint density at radius 1 is 0.286 bits per heavy atom. The van der Waals surface area contributed by atoms with Gasteiger partial charge >= 0.3 is 39.5 Å². The highest BCUT2D eigenvalue weighted by Gasteiger charge is 2.30. The van der Waals surface area contributed by atoms with Crippen molar-refractivity contribution in [3.63, 3.8) is 0 Å². The van der Waals surface area contributed by atoms with E-state index in [9.17, 15) is 43.2 Å². The molecule has 98 heavy (non-hydrogen) atoms. The topological polar surface area (TPSA) is 237 Å². The maximum atomic E-state index is 13.1. The summed E-state index contributed by atoms with van der Waals surface area (Å²) in [5, 5.41) is 10.6. The van der Waals surface area contributed by atoms with Crippen LogP contribution in [0.3, 0.4) is 0 Å². The number of unbranched alkanes of at least 4 members (excludes halogenated alkanes) is 40. The third-order valence-electron chi connectivity index (χ3n) is 19.0. The zero-order valence-corrected chi connectivity index (χ0v) is 66.2. The molecule has 19 heteroatoms. The van der Waals surface area contributed by atoms with Gasteiger partial charge in [-0.2, -0.15) is 0 Å². The molecule has 0 saturated heterocycles. The molecule has 0 aliphatic rings. The first kappa shape index (κ1) is 96.1. The smallest absolute Gasteiger partial charge is 0.462 e. The molecule has 3 N–H and O–H groups in total. The third-order valence-corrected chi connectivity index (χ3v) is 20.9. The lowest BCUT2D eigenvalue weighted by atomic mass is 9.99. The molecule has 0 aromatic heterocycles. The van der Waals surface area contributed by atoms with Crippen LogP contribution in [0.15, 0.2) is 0 Å². The highest BCUT2D eigenvalue weighted by molar-refractivity contribution is 7.47. The van der Waals surface area contributed by atoms with E-state index in [1.165, 1.54) is 199 Å². The van der Waals surface area contributed by atoms with Gasteiger partial charge in [-0.3, -0.25) is 37.3 Å². The summed E-state index contributed by atoms with van der Waals surface area (Å²) in [4.78, 5) is 72.9. The molecule has 0 aromatic carbocycles. The predicted octanol–water partition coefficient (Wildman–Crippen LogP) is 23.2. The van der Waals surface area contributed by atoms with Crippen LogP contribution < -0.4 is 0 Å². The molecule has 5 unspecified atom stereocenters. The summed E-state index contributed by atoms with van der Waals surface area (Å²) in [6.07, 6.45) is 54.2. The lowest BCUT2D eigenvalue weighted by Crippen LogP contribution is -2.30. The van der Waals surface area contributed by atoms with Crippen LogP contribution in [-0.4, -0.2) is 96.7 Å². The second-order valence-electron chi connectivity index (χ2n) is 29.9. The number of carbonyl (C=O) groups excluding carboxylic acids is 4. The minimum absolute atomic E-state index is 0.104. The number of hydrogen-bond acceptors (Lipinski definition) is 15. The lowest BCUT2D eigenvalue weighted by Gasteiger charge is -2.21. The zero-order chi connectivity index (χ0) is 72.4. The molecule has 7 atom stereocenters. The van der Waals surface area contributed by atoms with Gasteiger partial charge < -0.3 is 33.8 Å². The first-order valence-electron chi connectivity index (χ1n) is 40.8. The number of esters is 4. The van der Waals surface area contributed by atoms with E-state index in [1.807, 2.05) is 0 Å². The van der Waals surface area contributed by atoms with E-state index in [0.717, 1.165) is 114 Å². The first-order valence-corrected chi connectivity index (χ1v) is 43.8. The molecule has 0 fully saturated rings. The molecule has 0 saturated carbocycles. The predicted molar refractivity (Wildman–Crippen MR) is 400 cm³/mol. The Kier molecular flexibility index (Phi) is 66.8. The number of carbonyl (C=O) groups is 4. The van der Waals surface area contributed by atoms with Crippen molar-refractivity contribution in [1.29, 1.82) is 0 Å². The normalized spacial score (nSPS) is 14.6. The van der Waals surface area contributed by atoms with Gasteiger partial charge in [-0.25, -0.2) is 9.13 Å². The van der Waals surface area contributed by atoms with E-state index in [1.54, 1.807) is 0 Å². The van der Waals surface area contributed by atoms with Crippen molar-refractivity contribution in [2.75, 3.05) is 39.6 Å². The van der Waals surface area contributed by atoms with Crippen LogP contribution in [0.25, 0.3) is 0 Å². The van der Waals surface area contributed by atoms with Crippen molar-refractivity contribution in [2.45, 2.75) is 420 Å². The quantitative estimate of drug-likeness (QED) is 0.0222. The summed E-state index contributed by atoms with van der Waals surface area (Å²) in [6.45, 7) is 14.2. The highest BCUT2D eigenvalue weighted by Crippen LogP contribution is 2.45. The van der Waals surface area contributed by atoms with Gasteiger partial charge in [0.1, 0.15) is 19.3 Å². The van der Waals surface area contributed by atoms with Gasteiger partial charge in [0, 0.05) is 25.7 Å². The molecule has 0 amide bonds.